The summed E-state index contributed by atoms with van der Waals surface area (Å²) in [6, 6.07) is 3.44. The van der Waals surface area contributed by atoms with E-state index in [9.17, 15) is 9.59 Å². The van der Waals surface area contributed by atoms with Crippen LogP contribution in [0.25, 0.3) is 0 Å². The van der Waals surface area contributed by atoms with E-state index in [2.05, 4.69) is 6.92 Å². The molecule has 2 atom stereocenters. The fourth-order valence-electron chi connectivity index (χ4n) is 3.72. The zero-order valence-electron chi connectivity index (χ0n) is 14.3. The molecule has 1 aromatic heterocycles. The van der Waals surface area contributed by atoms with E-state index in [1.807, 2.05) is 9.80 Å². The maximum absolute atomic E-state index is 12.5. The predicted molar refractivity (Wildman–Crippen MR) is 88.5 cm³/mol. The lowest BCUT2D eigenvalue weighted by atomic mass is 9.81. The van der Waals surface area contributed by atoms with Crippen LogP contribution in [0, 0.1) is 11.8 Å². The van der Waals surface area contributed by atoms with Crippen LogP contribution in [0.5, 0.6) is 0 Å². The number of hydrogen-bond acceptors (Lipinski definition) is 4. The molecule has 0 aromatic carbocycles. The molecule has 3 heterocycles. The number of furan rings is 1. The number of carbonyl (C=O) groups is 2. The van der Waals surface area contributed by atoms with Gasteiger partial charge in [0, 0.05) is 32.6 Å². The topological polar surface area (TPSA) is 63.0 Å². The number of morpholine rings is 1. The molecule has 6 nitrogen and oxygen atoms in total. The fraction of sp³-hybridized carbons (Fsp3) is 0.667. The minimum Gasteiger partial charge on any atom is -0.459 e. The molecule has 1 aromatic rings. The zero-order chi connectivity index (χ0) is 16.9. The van der Waals surface area contributed by atoms with Crippen LogP contribution in [0.2, 0.25) is 0 Å². The van der Waals surface area contributed by atoms with Crippen molar-refractivity contribution in [2.45, 2.75) is 26.2 Å². The number of rotatable bonds is 4. The Bertz CT molecular complexity index is 551. The van der Waals surface area contributed by atoms with Crippen LogP contribution in [0.4, 0.5) is 0 Å². The van der Waals surface area contributed by atoms with Crippen LogP contribution in [0.1, 0.15) is 36.7 Å². The van der Waals surface area contributed by atoms with Gasteiger partial charge in [-0.3, -0.25) is 9.59 Å². The molecular formula is C18H26N2O4. The molecule has 0 bridgehead atoms. The summed E-state index contributed by atoms with van der Waals surface area (Å²) >= 11 is 0. The average Bonchev–Trinajstić information content (AvgIpc) is 3.16. The number of hydrogen-bond donors (Lipinski definition) is 0. The summed E-state index contributed by atoms with van der Waals surface area (Å²) in [7, 11) is 0. The Morgan fingerprint density at radius 2 is 1.96 bits per heavy atom. The summed E-state index contributed by atoms with van der Waals surface area (Å²) in [6.45, 7) is 6.21. The lowest BCUT2D eigenvalue weighted by molar-refractivity contribution is -0.137. The zero-order valence-corrected chi connectivity index (χ0v) is 14.3. The molecule has 24 heavy (non-hydrogen) atoms. The molecule has 0 N–H and O–H groups in total. The fourth-order valence-corrected chi connectivity index (χ4v) is 3.72. The van der Waals surface area contributed by atoms with E-state index in [1.54, 1.807) is 12.1 Å². The third-order valence-electron chi connectivity index (χ3n) is 5.24. The molecule has 6 heteroatoms. The van der Waals surface area contributed by atoms with Crippen molar-refractivity contribution in [1.82, 2.24) is 9.80 Å². The van der Waals surface area contributed by atoms with E-state index in [-0.39, 0.29) is 11.8 Å². The molecule has 2 aliphatic rings. The van der Waals surface area contributed by atoms with Gasteiger partial charge in [0.2, 0.25) is 5.91 Å². The van der Waals surface area contributed by atoms with E-state index in [1.165, 1.54) is 6.26 Å². The first-order valence-corrected chi connectivity index (χ1v) is 8.87. The SMILES string of the molecule is CC[C@@H]1CN(C(=O)c2ccco2)CC[C@H]1CC(=O)N1CCOCC1. The highest BCUT2D eigenvalue weighted by Crippen LogP contribution is 2.30. The maximum Gasteiger partial charge on any atom is 0.289 e. The molecule has 0 spiro atoms. The van der Waals surface area contributed by atoms with Gasteiger partial charge in [0.1, 0.15) is 0 Å². The molecule has 0 unspecified atom stereocenters. The first-order valence-electron chi connectivity index (χ1n) is 8.87. The Balaban J connectivity index is 1.56. The van der Waals surface area contributed by atoms with Gasteiger partial charge in [0.25, 0.3) is 5.91 Å². The van der Waals surface area contributed by atoms with E-state index in [0.717, 1.165) is 12.8 Å². The minimum absolute atomic E-state index is 0.0450. The third kappa shape index (κ3) is 3.80. The summed E-state index contributed by atoms with van der Waals surface area (Å²) in [5, 5.41) is 0. The van der Waals surface area contributed by atoms with Gasteiger partial charge >= 0.3 is 0 Å². The first kappa shape index (κ1) is 17.0. The Kier molecular flexibility index (Phi) is 5.56. The number of likely N-dealkylation sites (tertiary alicyclic amines) is 1. The van der Waals surface area contributed by atoms with E-state index in [4.69, 9.17) is 9.15 Å². The standard InChI is InChI=1S/C18H26N2O4/c1-2-14-13-20(18(22)16-4-3-9-24-16)6-5-15(14)12-17(21)19-7-10-23-11-8-19/h3-4,9,14-15H,2,5-8,10-13H2,1H3/t14-,15+/m1/s1. The van der Waals surface area contributed by atoms with Crippen molar-refractivity contribution in [2.24, 2.45) is 11.8 Å². The number of carbonyl (C=O) groups excluding carboxylic acids is 2. The monoisotopic (exact) mass is 334 g/mol. The Hall–Kier alpha value is -1.82. The summed E-state index contributed by atoms with van der Waals surface area (Å²) < 4.78 is 10.5. The van der Waals surface area contributed by atoms with Crippen molar-refractivity contribution in [3.8, 4) is 0 Å². The maximum atomic E-state index is 12.5. The normalized spacial score (nSPS) is 24.9. The van der Waals surface area contributed by atoms with Crippen LogP contribution in [0.3, 0.4) is 0 Å². The second-order valence-electron chi connectivity index (χ2n) is 6.64. The largest absolute Gasteiger partial charge is 0.459 e. The van der Waals surface area contributed by atoms with Gasteiger partial charge in [-0.05, 0) is 30.4 Å². The van der Waals surface area contributed by atoms with Gasteiger partial charge in [-0.1, -0.05) is 13.3 Å². The molecular weight excluding hydrogens is 308 g/mol. The van der Waals surface area contributed by atoms with Crippen molar-refractivity contribution in [1.29, 1.82) is 0 Å². The number of ether oxygens (including phenoxy) is 1. The lowest BCUT2D eigenvalue weighted by Crippen LogP contribution is -2.46. The number of piperidine rings is 1. The molecule has 2 aliphatic heterocycles. The molecule has 0 aliphatic carbocycles. The van der Waals surface area contributed by atoms with E-state index >= 15 is 0 Å². The summed E-state index contributed by atoms with van der Waals surface area (Å²) in [4.78, 5) is 28.7. The van der Waals surface area contributed by atoms with E-state index < -0.39 is 0 Å². The first-order chi connectivity index (χ1) is 11.7. The quantitative estimate of drug-likeness (QED) is 0.845. The molecule has 0 saturated carbocycles. The van der Waals surface area contributed by atoms with Gasteiger partial charge < -0.3 is 19.0 Å². The van der Waals surface area contributed by atoms with Crippen molar-refractivity contribution < 1.29 is 18.7 Å². The molecule has 0 radical (unpaired) electrons. The summed E-state index contributed by atoms with van der Waals surface area (Å²) in [5.74, 6) is 1.30. The molecule has 2 saturated heterocycles. The second kappa shape index (κ2) is 7.83. The van der Waals surface area contributed by atoms with Crippen LogP contribution in [0.15, 0.2) is 22.8 Å². The summed E-state index contributed by atoms with van der Waals surface area (Å²) in [6.07, 6.45) is 3.96. The molecule has 3 rings (SSSR count). The van der Waals surface area contributed by atoms with Crippen molar-refractivity contribution in [2.75, 3.05) is 39.4 Å². The summed E-state index contributed by atoms with van der Waals surface area (Å²) in [5.41, 5.74) is 0. The van der Waals surface area contributed by atoms with Gasteiger partial charge in [-0.25, -0.2) is 0 Å². The molecule has 2 amide bonds. The van der Waals surface area contributed by atoms with Gasteiger partial charge in [0.05, 0.1) is 19.5 Å². The molecule has 2 fully saturated rings. The van der Waals surface area contributed by atoms with Crippen molar-refractivity contribution in [3.05, 3.63) is 24.2 Å². The molecule has 132 valence electrons. The lowest BCUT2D eigenvalue weighted by Gasteiger charge is -2.38. The van der Waals surface area contributed by atoms with Crippen LogP contribution in [-0.4, -0.2) is 61.0 Å². The Morgan fingerprint density at radius 1 is 1.17 bits per heavy atom. The van der Waals surface area contributed by atoms with Crippen LogP contribution in [-0.2, 0) is 9.53 Å². The van der Waals surface area contributed by atoms with Gasteiger partial charge in [-0.15, -0.1) is 0 Å². The van der Waals surface area contributed by atoms with E-state index in [0.29, 0.717) is 63.4 Å². The van der Waals surface area contributed by atoms with Crippen molar-refractivity contribution >= 4 is 11.8 Å². The highest BCUT2D eigenvalue weighted by Gasteiger charge is 2.33. The highest BCUT2D eigenvalue weighted by molar-refractivity contribution is 5.91. The Morgan fingerprint density at radius 3 is 2.62 bits per heavy atom. The smallest absolute Gasteiger partial charge is 0.289 e. The highest BCUT2D eigenvalue weighted by atomic mass is 16.5. The number of nitrogens with zero attached hydrogens (tertiary/aromatic N) is 2. The third-order valence-corrected chi connectivity index (χ3v) is 5.24. The average molecular weight is 334 g/mol. The number of amides is 2. The van der Waals surface area contributed by atoms with Crippen LogP contribution >= 0.6 is 0 Å². The Labute approximate surface area is 142 Å². The van der Waals surface area contributed by atoms with Gasteiger partial charge in [-0.2, -0.15) is 0 Å². The van der Waals surface area contributed by atoms with Crippen molar-refractivity contribution in [3.63, 3.8) is 0 Å². The van der Waals surface area contributed by atoms with Gasteiger partial charge in [0.15, 0.2) is 5.76 Å². The van der Waals surface area contributed by atoms with Crippen LogP contribution < -0.4 is 0 Å². The predicted octanol–water partition coefficient (Wildman–Crippen LogP) is 2.02. The second-order valence-corrected chi connectivity index (χ2v) is 6.64. The minimum atomic E-state index is -0.0450.